The maximum atomic E-state index is 12.3. The number of fused-ring (bicyclic) bond motifs is 3. The molecule has 7 nitrogen and oxygen atoms in total. The molecule has 2 atom stereocenters. The van der Waals surface area contributed by atoms with Crippen molar-refractivity contribution < 1.29 is 24.6 Å². The Kier molecular flexibility index (Phi) is 4.59. The lowest BCUT2D eigenvalue weighted by atomic mass is 9.78. The molecule has 0 aromatic heterocycles. The van der Waals surface area contributed by atoms with E-state index in [0.29, 0.717) is 30.5 Å². The van der Waals surface area contributed by atoms with Crippen molar-refractivity contribution in [1.82, 2.24) is 5.32 Å². The SMILES string of the molecule is O=C(CCC1=NOC2c3ccc(O)cc3CCC12)NC1=C(C(=O)O)CCC1. The molecule has 1 amide bonds. The molecule has 2 unspecified atom stereocenters. The highest BCUT2D eigenvalue weighted by Gasteiger charge is 2.39. The predicted molar refractivity (Wildman–Crippen MR) is 97.1 cm³/mol. The van der Waals surface area contributed by atoms with Gasteiger partial charge >= 0.3 is 5.97 Å². The third-order valence-corrected chi connectivity index (χ3v) is 5.61. The monoisotopic (exact) mass is 370 g/mol. The number of carboxylic acid groups (broad SMARTS) is 1. The number of phenols is 1. The molecule has 2 aliphatic carbocycles. The van der Waals surface area contributed by atoms with Crippen LogP contribution in [0.4, 0.5) is 0 Å². The maximum Gasteiger partial charge on any atom is 0.333 e. The number of aliphatic carboxylic acids is 1. The van der Waals surface area contributed by atoms with Gasteiger partial charge in [-0.25, -0.2) is 4.79 Å². The number of oxime groups is 1. The summed E-state index contributed by atoms with van der Waals surface area (Å²) in [7, 11) is 0. The molecule has 1 aliphatic heterocycles. The summed E-state index contributed by atoms with van der Waals surface area (Å²) in [6.07, 6.45) is 4.18. The van der Waals surface area contributed by atoms with Gasteiger partial charge in [0.25, 0.3) is 0 Å². The fourth-order valence-corrected chi connectivity index (χ4v) is 4.25. The zero-order chi connectivity index (χ0) is 19.0. The fraction of sp³-hybridized carbons (Fsp3) is 0.450. The molecule has 1 heterocycles. The number of phenolic OH excluding ortho intramolecular Hbond substituents is 1. The Bertz CT molecular complexity index is 858. The van der Waals surface area contributed by atoms with Gasteiger partial charge in [-0.3, -0.25) is 4.79 Å². The van der Waals surface area contributed by atoms with Crippen LogP contribution < -0.4 is 5.32 Å². The lowest BCUT2D eigenvalue weighted by Crippen LogP contribution is -2.27. The molecular weight excluding hydrogens is 348 g/mol. The molecule has 0 fully saturated rings. The molecular formula is C20H22N2O5. The highest BCUT2D eigenvalue weighted by atomic mass is 16.6. The van der Waals surface area contributed by atoms with Crippen LogP contribution in [0.1, 0.15) is 55.8 Å². The van der Waals surface area contributed by atoms with Crippen molar-refractivity contribution in [2.24, 2.45) is 11.1 Å². The summed E-state index contributed by atoms with van der Waals surface area (Å²) in [5.41, 5.74) is 3.88. The van der Waals surface area contributed by atoms with E-state index in [9.17, 15) is 14.7 Å². The number of hydrogen-bond acceptors (Lipinski definition) is 5. The first-order valence-corrected chi connectivity index (χ1v) is 9.32. The highest BCUT2D eigenvalue weighted by molar-refractivity contribution is 5.93. The minimum absolute atomic E-state index is 0.148. The van der Waals surface area contributed by atoms with Crippen LogP contribution in [0.25, 0.3) is 0 Å². The minimum atomic E-state index is -0.953. The molecule has 0 saturated carbocycles. The number of nitrogens with zero attached hydrogens (tertiary/aromatic N) is 1. The van der Waals surface area contributed by atoms with Crippen molar-refractivity contribution in [3.05, 3.63) is 40.6 Å². The molecule has 4 rings (SSSR count). The van der Waals surface area contributed by atoms with Gasteiger partial charge in [0.1, 0.15) is 5.75 Å². The quantitative estimate of drug-likeness (QED) is 0.739. The van der Waals surface area contributed by atoms with E-state index in [1.54, 1.807) is 12.1 Å². The van der Waals surface area contributed by atoms with Crippen molar-refractivity contribution in [2.45, 2.75) is 51.0 Å². The molecule has 0 bridgehead atoms. The van der Waals surface area contributed by atoms with E-state index in [1.165, 1.54) is 0 Å². The highest BCUT2D eigenvalue weighted by Crippen LogP contribution is 2.43. The van der Waals surface area contributed by atoms with Crippen LogP contribution in [0, 0.1) is 5.92 Å². The average Bonchev–Trinajstić information content (AvgIpc) is 3.26. The van der Waals surface area contributed by atoms with Crippen molar-refractivity contribution in [3.63, 3.8) is 0 Å². The van der Waals surface area contributed by atoms with Crippen molar-refractivity contribution in [2.75, 3.05) is 0 Å². The molecule has 1 aromatic rings. The Balaban J connectivity index is 1.36. The average molecular weight is 370 g/mol. The van der Waals surface area contributed by atoms with E-state index >= 15 is 0 Å². The molecule has 0 spiro atoms. The Morgan fingerprint density at radius 1 is 1.26 bits per heavy atom. The van der Waals surface area contributed by atoms with Gasteiger partial charge in [0.05, 0.1) is 11.3 Å². The van der Waals surface area contributed by atoms with Crippen molar-refractivity contribution in [3.8, 4) is 5.75 Å². The van der Waals surface area contributed by atoms with E-state index in [2.05, 4.69) is 10.5 Å². The zero-order valence-corrected chi connectivity index (χ0v) is 14.9. The number of carboxylic acids is 1. The van der Waals surface area contributed by atoms with Crippen LogP contribution in [-0.4, -0.2) is 27.8 Å². The lowest BCUT2D eigenvalue weighted by molar-refractivity contribution is -0.132. The number of carbonyl (C=O) groups is 2. The number of carbonyl (C=O) groups excluding carboxylic acids is 1. The van der Waals surface area contributed by atoms with E-state index < -0.39 is 5.97 Å². The van der Waals surface area contributed by atoms with Gasteiger partial charge in [-0.1, -0.05) is 11.2 Å². The van der Waals surface area contributed by atoms with Crippen LogP contribution in [0.15, 0.2) is 34.6 Å². The number of amides is 1. The van der Waals surface area contributed by atoms with Crippen LogP contribution in [0.5, 0.6) is 5.75 Å². The van der Waals surface area contributed by atoms with Gasteiger partial charge in [0.15, 0.2) is 6.10 Å². The number of hydrogen-bond donors (Lipinski definition) is 3. The van der Waals surface area contributed by atoms with Gasteiger partial charge in [-0.2, -0.15) is 0 Å². The van der Waals surface area contributed by atoms with E-state index in [1.807, 2.05) is 6.07 Å². The summed E-state index contributed by atoms with van der Waals surface area (Å²) in [4.78, 5) is 29.1. The van der Waals surface area contributed by atoms with E-state index in [-0.39, 0.29) is 30.1 Å². The van der Waals surface area contributed by atoms with E-state index in [4.69, 9.17) is 9.94 Å². The predicted octanol–water partition coefficient (Wildman–Crippen LogP) is 2.80. The minimum Gasteiger partial charge on any atom is -0.508 e. The Morgan fingerprint density at radius 2 is 2.11 bits per heavy atom. The molecule has 0 saturated heterocycles. The van der Waals surface area contributed by atoms with Crippen LogP contribution >= 0.6 is 0 Å². The summed E-state index contributed by atoms with van der Waals surface area (Å²) in [6.45, 7) is 0. The Morgan fingerprint density at radius 3 is 2.93 bits per heavy atom. The van der Waals surface area contributed by atoms with E-state index in [0.717, 1.165) is 36.1 Å². The summed E-state index contributed by atoms with van der Waals surface area (Å²) >= 11 is 0. The second-order valence-electron chi connectivity index (χ2n) is 7.30. The largest absolute Gasteiger partial charge is 0.508 e. The first-order valence-electron chi connectivity index (χ1n) is 9.32. The van der Waals surface area contributed by atoms with Crippen molar-refractivity contribution >= 4 is 17.6 Å². The van der Waals surface area contributed by atoms with Crippen LogP contribution in [0.3, 0.4) is 0 Å². The van der Waals surface area contributed by atoms with Crippen LogP contribution in [-0.2, 0) is 20.8 Å². The third kappa shape index (κ3) is 3.41. The normalized spacial score (nSPS) is 23.3. The lowest BCUT2D eigenvalue weighted by Gasteiger charge is -2.26. The molecule has 142 valence electrons. The molecule has 1 aromatic carbocycles. The van der Waals surface area contributed by atoms with Gasteiger partial charge in [0, 0.05) is 18.0 Å². The second kappa shape index (κ2) is 7.06. The number of aryl methyl sites for hydroxylation is 1. The zero-order valence-electron chi connectivity index (χ0n) is 14.9. The molecule has 27 heavy (non-hydrogen) atoms. The molecule has 0 radical (unpaired) electrons. The second-order valence-corrected chi connectivity index (χ2v) is 7.30. The van der Waals surface area contributed by atoms with Gasteiger partial charge in [-0.15, -0.1) is 0 Å². The topological polar surface area (TPSA) is 108 Å². The molecule has 3 aliphatic rings. The standard InChI is InChI=1S/C20H22N2O5/c23-12-5-7-13-11(10-12)4-6-14-17(22-27-19(13)14)8-9-18(24)21-16-3-1-2-15(16)20(25)26/h5,7,10,14,19,23H,1-4,6,8-9H2,(H,21,24)(H,25,26). The van der Waals surface area contributed by atoms with Gasteiger partial charge < -0.3 is 20.4 Å². The Labute approximate surface area is 156 Å². The smallest absolute Gasteiger partial charge is 0.333 e. The fourth-order valence-electron chi connectivity index (χ4n) is 4.25. The van der Waals surface area contributed by atoms with Crippen LogP contribution in [0.2, 0.25) is 0 Å². The number of benzene rings is 1. The third-order valence-electron chi connectivity index (χ3n) is 5.61. The first-order chi connectivity index (χ1) is 13.0. The van der Waals surface area contributed by atoms with Gasteiger partial charge in [0.2, 0.25) is 5.91 Å². The van der Waals surface area contributed by atoms with Crippen molar-refractivity contribution in [1.29, 1.82) is 0 Å². The maximum absolute atomic E-state index is 12.3. The number of rotatable bonds is 5. The summed E-state index contributed by atoms with van der Waals surface area (Å²) in [5, 5.41) is 25.8. The van der Waals surface area contributed by atoms with Gasteiger partial charge in [-0.05, 0) is 61.8 Å². The first kappa shape index (κ1) is 17.6. The molecule has 3 N–H and O–H groups in total. The Hall–Kier alpha value is -2.83. The summed E-state index contributed by atoms with van der Waals surface area (Å²) in [6, 6.07) is 5.31. The number of aromatic hydroxyl groups is 1. The summed E-state index contributed by atoms with van der Waals surface area (Å²) in [5.74, 6) is -0.732. The number of nitrogens with one attached hydrogen (secondary N) is 1. The number of allylic oxidation sites excluding steroid dienone is 1. The molecule has 7 heteroatoms. The summed E-state index contributed by atoms with van der Waals surface area (Å²) < 4.78 is 0.